The summed E-state index contributed by atoms with van der Waals surface area (Å²) < 4.78 is 2.22. The molecular weight excluding hydrogens is 544 g/mol. The van der Waals surface area contributed by atoms with E-state index in [-0.39, 0.29) is 0 Å². The van der Waals surface area contributed by atoms with E-state index in [4.69, 9.17) is 4.98 Å². The Kier molecular flexibility index (Phi) is 5.66. The maximum Gasteiger partial charge on any atom is 0.137 e. The fraction of sp³-hybridized carbons (Fsp3) is 0.0465. The third kappa shape index (κ3) is 4.07. The highest BCUT2D eigenvalue weighted by molar-refractivity contribution is 6.24. The summed E-state index contributed by atoms with van der Waals surface area (Å²) in [7, 11) is 0. The van der Waals surface area contributed by atoms with Crippen molar-refractivity contribution in [3.8, 4) is 44.8 Å². The Bertz CT molecular complexity index is 2470. The van der Waals surface area contributed by atoms with Crippen molar-refractivity contribution in [2.45, 2.75) is 13.8 Å². The van der Waals surface area contributed by atoms with Crippen LogP contribution in [0.25, 0.3) is 82.7 Å². The Labute approximate surface area is 262 Å². The molecule has 0 aliphatic rings. The molecule has 0 unspecified atom stereocenters. The van der Waals surface area contributed by atoms with Gasteiger partial charge in [0.2, 0.25) is 0 Å². The van der Waals surface area contributed by atoms with Crippen LogP contribution in [0.1, 0.15) is 11.1 Å². The summed E-state index contributed by atoms with van der Waals surface area (Å²) >= 11 is 0. The van der Waals surface area contributed by atoms with E-state index >= 15 is 0 Å². The quantitative estimate of drug-likeness (QED) is 0.191. The molecule has 2 nitrogen and oxygen atoms in total. The lowest BCUT2D eigenvalue weighted by atomic mass is 9.87. The van der Waals surface area contributed by atoms with E-state index in [9.17, 15) is 0 Å². The molecule has 7 aromatic carbocycles. The number of nitrogens with zero attached hydrogens (tertiary/aromatic N) is 2. The molecule has 9 aromatic rings. The molecule has 0 fully saturated rings. The van der Waals surface area contributed by atoms with Gasteiger partial charge in [0.25, 0.3) is 0 Å². The third-order valence-corrected chi connectivity index (χ3v) is 9.36. The van der Waals surface area contributed by atoms with Gasteiger partial charge in [0.15, 0.2) is 0 Å². The zero-order chi connectivity index (χ0) is 30.1. The van der Waals surface area contributed by atoms with E-state index in [1.807, 2.05) is 0 Å². The van der Waals surface area contributed by atoms with Crippen molar-refractivity contribution >= 4 is 38.0 Å². The van der Waals surface area contributed by atoms with Crippen molar-refractivity contribution in [3.05, 3.63) is 157 Å². The monoisotopic (exact) mass is 574 g/mol. The number of aryl methyl sites for hydroxylation is 2. The van der Waals surface area contributed by atoms with Gasteiger partial charge >= 0.3 is 0 Å². The Hall–Kier alpha value is -5.73. The first-order valence-corrected chi connectivity index (χ1v) is 15.5. The van der Waals surface area contributed by atoms with Crippen LogP contribution in [0.5, 0.6) is 0 Å². The Morgan fingerprint density at radius 1 is 0.444 bits per heavy atom. The summed E-state index contributed by atoms with van der Waals surface area (Å²) in [4.78, 5) is 5.08. The molecule has 45 heavy (non-hydrogen) atoms. The van der Waals surface area contributed by atoms with Crippen molar-refractivity contribution in [2.24, 2.45) is 0 Å². The van der Waals surface area contributed by atoms with Crippen LogP contribution in [0.4, 0.5) is 0 Å². The summed E-state index contributed by atoms with van der Waals surface area (Å²) in [5.74, 6) is 0. The van der Waals surface area contributed by atoms with Gasteiger partial charge in [-0.2, -0.15) is 0 Å². The minimum Gasteiger partial charge on any atom is -0.299 e. The summed E-state index contributed by atoms with van der Waals surface area (Å²) in [5, 5.41) is 7.83. The molecule has 0 spiro atoms. The standard InChI is InChI=1S/C43H30N2/c1-27-22-38(43-42(30-13-7-4-8-14-30)44-39-15-9-10-20-45(39)43)28(2)21-37(27)36-25-33-18-16-31-23-35(29-11-5-3-6-12-29)24-32-17-19-34(26-36)41(33)40(31)32/h3-26H,1-2H3. The Balaban J connectivity index is 1.20. The largest absolute Gasteiger partial charge is 0.299 e. The number of hydrogen-bond donors (Lipinski definition) is 0. The minimum absolute atomic E-state index is 0.954. The summed E-state index contributed by atoms with van der Waals surface area (Å²) in [6.07, 6.45) is 2.12. The lowest BCUT2D eigenvalue weighted by molar-refractivity contribution is 1.18. The second kappa shape index (κ2) is 9.90. The van der Waals surface area contributed by atoms with Crippen LogP contribution in [0.3, 0.4) is 0 Å². The zero-order valence-corrected chi connectivity index (χ0v) is 25.3. The maximum absolute atomic E-state index is 5.08. The van der Waals surface area contributed by atoms with Crippen LogP contribution in [0, 0.1) is 13.8 Å². The molecule has 2 heterocycles. The highest BCUT2D eigenvalue weighted by atomic mass is 15.0. The molecule has 0 aliphatic carbocycles. The Morgan fingerprint density at radius 3 is 1.58 bits per heavy atom. The van der Waals surface area contributed by atoms with Gasteiger partial charge < -0.3 is 0 Å². The van der Waals surface area contributed by atoms with Crippen molar-refractivity contribution in [1.82, 2.24) is 9.38 Å². The normalized spacial score (nSPS) is 11.8. The second-order valence-electron chi connectivity index (χ2n) is 12.2. The van der Waals surface area contributed by atoms with Gasteiger partial charge in [0.05, 0.1) is 11.4 Å². The van der Waals surface area contributed by atoms with Crippen molar-refractivity contribution < 1.29 is 0 Å². The van der Waals surface area contributed by atoms with Crippen molar-refractivity contribution in [1.29, 1.82) is 0 Å². The van der Waals surface area contributed by atoms with E-state index < -0.39 is 0 Å². The number of benzene rings is 7. The van der Waals surface area contributed by atoms with Gasteiger partial charge in [-0.05, 0) is 122 Å². The molecular formula is C43H30N2. The molecule has 0 atom stereocenters. The summed E-state index contributed by atoms with van der Waals surface area (Å²) in [6.45, 7) is 4.46. The highest BCUT2D eigenvalue weighted by Crippen LogP contribution is 2.42. The summed E-state index contributed by atoms with van der Waals surface area (Å²) in [6, 6.07) is 50.7. The third-order valence-electron chi connectivity index (χ3n) is 9.36. The van der Waals surface area contributed by atoms with Gasteiger partial charge in [-0.3, -0.25) is 4.40 Å². The fourth-order valence-electron chi connectivity index (χ4n) is 7.22. The molecule has 9 rings (SSSR count). The number of hydrogen-bond acceptors (Lipinski definition) is 1. The van der Waals surface area contributed by atoms with Crippen LogP contribution >= 0.6 is 0 Å². The van der Waals surface area contributed by atoms with Crippen LogP contribution < -0.4 is 0 Å². The minimum atomic E-state index is 0.954. The molecule has 0 radical (unpaired) electrons. The zero-order valence-electron chi connectivity index (χ0n) is 25.3. The average Bonchev–Trinajstić information content (AvgIpc) is 3.48. The fourth-order valence-corrected chi connectivity index (χ4v) is 7.22. The molecule has 0 bridgehead atoms. The smallest absolute Gasteiger partial charge is 0.137 e. The lowest BCUT2D eigenvalue weighted by Crippen LogP contribution is -1.95. The van der Waals surface area contributed by atoms with E-state index in [1.54, 1.807) is 0 Å². The van der Waals surface area contributed by atoms with Crippen LogP contribution in [0.15, 0.2) is 146 Å². The average molecular weight is 575 g/mol. The van der Waals surface area contributed by atoms with Gasteiger partial charge in [0, 0.05) is 17.3 Å². The van der Waals surface area contributed by atoms with Crippen LogP contribution in [-0.2, 0) is 0 Å². The predicted molar refractivity (Wildman–Crippen MR) is 190 cm³/mol. The molecule has 212 valence electrons. The first-order valence-electron chi connectivity index (χ1n) is 15.5. The molecule has 0 amide bonds. The van der Waals surface area contributed by atoms with Crippen LogP contribution in [-0.4, -0.2) is 9.38 Å². The first-order chi connectivity index (χ1) is 22.1. The first kappa shape index (κ1) is 25.7. The van der Waals surface area contributed by atoms with Gasteiger partial charge in [-0.25, -0.2) is 4.98 Å². The summed E-state index contributed by atoms with van der Waals surface area (Å²) in [5.41, 5.74) is 12.9. The molecule has 2 heteroatoms. The molecule has 2 aromatic heterocycles. The van der Waals surface area contributed by atoms with Crippen LogP contribution in [0.2, 0.25) is 0 Å². The number of imidazole rings is 1. The van der Waals surface area contributed by atoms with Crippen molar-refractivity contribution in [3.63, 3.8) is 0 Å². The number of fused-ring (bicyclic) bond motifs is 1. The topological polar surface area (TPSA) is 17.3 Å². The highest BCUT2D eigenvalue weighted by Gasteiger charge is 2.19. The second-order valence-corrected chi connectivity index (χ2v) is 12.2. The van der Waals surface area contributed by atoms with Gasteiger partial charge in [0.1, 0.15) is 5.65 Å². The maximum atomic E-state index is 5.08. The number of rotatable bonds is 4. The Morgan fingerprint density at radius 2 is 0.956 bits per heavy atom. The molecule has 0 saturated carbocycles. The predicted octanol–water partition coefficient (Wildman–Crippen LogP) is 11.5. The number of aromatic nitrogens is 2. The van der Waals surface area contributed by atoms with Gasteiger partial charge in [-0.15, -0.1) is 0 Å². The molecule has 0 N–H and O–H groups in total. The number of pyridine rings is 1. The molecule has 0 saturated heterocycles. The SMILES string of the molecule is Cc1cc(-c2c(-c3ccccc3)nc3ccccn23)c(C)cc1-c1cc2ccc3cc(-c4ccccc4)cc4ccc(c1)c2c34. The van der Waals surface area contributed by atoms with E-state index in [2.05, 4.69) is 164 Å². The van der Waals surface area contributed by atoms with Gasteiger partial charge in [-0.1, -0.05) is 97.1 Å². The van der Waals surface area contributed by atoms with E-state index in [0.717, 1.165) is 22.6 Å². The van der Waals surface area contributed by atoms with Crippen molar-refractivity contribution in [2.75, 3.05) is 0 Å². The van der Waals surface area contributed by atoms with E-state index in [0.29, 0.717) is 0 Å². The lowest BCUT2D eigenvalue weighted by Gasteiger charge is -2.17. The van der Waals surface area contributed by atoms with E-state index in [1.165, 1.54) is 71.3 Å². The molecule has 0 aliphatic heterocycles.